The Morgan fingerprint density at radius 1 is 1.00 bits per heavy atom. The third kappa shape index (κ3) is 3.71. The molecule has 0 fully saturated rings. The zero-order chi connectivity index (χ0) is 17.6. The summed E-state index contributed by atoms with van der Waals surface area (Å²) in [7, 11) is 0. The van der Waals surface area contributed by atoms with Crippen molar-refractivity contribution in [1.82, 2.24) is 5.16 Å². The molecular weight excluding hydrogens is 310 g/mol. The van der Waals surface area contributed by atoms with E-state index in [9.17, 15) is 0 Å². The predicted molar refractivity (Wildman–Crippen MR) is 103 cm³/mol. The Labute approximate surface area is 150 Å². The van der Waals surface area contributed by atoms with Crippen LogP contribution in [0.2, 0.25) is 0 Å². The van der Waals surface area contributed by atoms with Crippen LogP contribution in [0.1, 0.15) is 52.0 Å². The molecule has 0 N–H and O–H groups in total. The van der Waals surface area contributed by atoms with Crippen molar-refractivity contribution < 1.29 is 9.26 Å². The summed E-state index contributed by atoms with van der Waals surface area (Å²) in [5.41, 5.74) is 3.99. The molecule has 1 atom stereocenters. The Kier molecular flexibility index (Phi) is 5.75. The van der Waals surface area contributed by atoms with Crippen LogP contribution < -0.4 is 4.74 Å². The van der Waals surface area contributed by atoms with Crippen molar-refractivity contribution in [2.24, 2.45) is 0 Å². The molecule has 1 aromatic heterocycles. The van der Waals surface area contributed by atoms with E-state index >= 15 is 0 Å². The minimum absolute atomic E-state index is 0.259. The normalized spacial score (nSPS) is 12.4. The minimum atomic E-state index is 0.259. The number of aromatic nitrogens is 1. The maximum absolute atomic E-state index is 6.32. The van der Waals surface area contributed by atoms with Gasteiger partial charge in [-0.1, -0.05) is 69.1 Å². The zero-order valence-electron chi connectivity index (χ0n) is 15.4. The number of hydrogen-bond acceptors (Lipinski definition) is 3. The SMILES string of the molecule is CCCc1c(OC(CC)CCC)ccc2c(-c3ccccc3)noc12. The molecule has 0 aliphatic heterocycles. The van der Waals surface area contributed by atoms with E-state index in [2.05, 4.69) is 50.2 Å². The molecule has 0 aliphatic rings. The summed E-state index contributed by atoms with van der Waals surface area (Å²) in [6.07, 6.45) is 5.45. The third-order valence-corrected chi connectivity index (χ3v) is 4.61. The first-order valence-electron chi connectivity index (χ1n) is 9.41. The lowest BCUT2D eigenvalue weighted by atomic mass is 10.0. The number of nitrogens with zero attached hydrogens (tertiary/aromatic N) is 1. The van der Waals surface area contributed by atoms with E-state index < -0.39 is 0 Å². The number of ether oxygens (including phenoxy) is 1. The lowest BCUT2D eigenvalue weighted by Crippen LogP contribution is -2.15. The van der Waals surface area contributed by atoms with Gasteiger partial charge >= 0.3 is 0 Å². The Hall–Kier alpha value is -2.29. The number of hydrogen-bond donors (Lipinski definition) is 0. The van der Waals surface area contributed by atoms with Crippen molar-refractivity contribution in [2.75, 3.05) is 0 Å². The third-order valence-electron chi connectivity index (χ3n) is 4.61. The van der Waals surface area contributed by atoms with Gasteiger partial charge in [0.25, 0.3) is 0 Å². The first-order valence-corrected chi connectivity index (χ1v) is 9.41. The lowest BCUT2D eigenvalue weighted by Gasteiger charge is -2.19. The molecule has 1 unspecified atom stereocenters. The van der Waals surface area contributed by atoms with Gasteiger partial charge in [0.1, 0.15) is 11.4 Å². The molecule has 3 rings (SSSR count). The van der Waals surface area contributed by atoms with E-state index in [1.165, 1.54) is 0 Å². The van der Waals surface area contributed by atoms with E-state index in [0.29, 0.717) is 0 Å². The van der Waals surface area contributed by atoms with Crippen LogP contribution in [0, 0.1) is 0 Å². The first-order chi connectivity index (χ1) is 12.3. The average Bonchev–Trinajstić information content (AvgIpc) is 3.08. The van der Waals surface area contributed by atoms with Crippen molar-refractivity contribution in [3.8, 4) is 17.0 Å². The maximum Gasteiger partial charge on any atom is 0.174 e. The fourth-order valence-corrected chi connectivity index (χ4v) is 3.29. The van der Waals surface area contributed by atoms with Crippen LogP contribution in [0.4, 0.5) is 0 Å². The minimum Gasteiger partial charge on any atom is -0.490 e. The summed E-state index contributed by atoms with van der Waals surface area (Å²) >= 11 is 0. The van der Waals surface area contributed by atoms with Gasteiger partial charge < -0.3 is 9.26 Å². The monoisotopic (exact) mass is 337 g/mol. The van der Waals surface area contributed by atoms with Crippen LogP contribution in [0.3, 0.4) is 0 Å². The molecule has 3 nitrogen and oxygen atoms in total. The molecule has 3 heteroatoms. The summed E-state index contributed by atoms with van der Waals surface area (Å²) in [5, 5.41) is 5.42. The highest BCUT2D eigenvalue weighted by Gasteiger charge is 2.19. The van der Waals surface area contributed by atoms with Crippen molar-refractivity contribution >= 4 is 11.0 Å². The highest BCUT2D eigenvalue weighted by Crippen LogP contribution is 2.35. The van der Waals surface area contributed by atoms with Gasteiger partial charge in [-0.2, -0.15) is 0 Å². The second kappa shape index (κ2) is 8.19. The van der Waals surface area contributed by atoms with Crippen LogP contribution >= 0.6 is 0 Å². The van der Waals surface area contributed by atoms with Gasteiger partial charge in [0, 0.05) is 11.1 Å². The summed E-state index contributed by atoms with van der Waals surface area (Å²) in [4.78, 5) is 0. The quantitative estimate of drug-likeness (QED) is 0.477. The number of rotatable bonds is 8. The largest absolute Gasteiger partial charge is 0.490 e. The molecule has 0 spiro atoms. The zero-order valence-corrected chi connectivity index (χ0v) is 15.4. The van der Waals surface area contributed by atoms with Crippen molar-refractivity contribution in [1.29, 1.82) is 0 Å². The highest BCUT2D eigenvalue weighted by atomic mass is 16.5. The molecule has 132 valence electrons. The predicted octanol–water partition coefficient (Wildman–Crippen LogP) is 6.40. The molecule has 3 aromatic rings. The van der Waals surface area contributed by atoms with Crippen molar-refractivity contribution in [2.45, 2.75) is 59.0 Å². The fourth-order valence-electron chi connectivity index (χ4n) is 3.29. The average molecular weight is 337 g/mol. The van der Waals surface area contributed by atoms with Crippen LogP contribution in [-0.2, 0) is 6.42 Å². The topological polar surface area (TPSA) is 35.3 Å². The number of aryl methyl sites for hydroxylation is 1. The number of benzene rings is 2. The second-order valence-electron chi connectivity index (χ2n) is 6.50. The van der Waals surface area contributed by atoms with Crippen LogP contribution in [0.25, 0.3) is 22.2 Å². The molecule has 0 saturated carbocycles. The van der Waals surface area contributed by atoms with E-state index in [4.69, 9.17) is 9.26 Å². The van der Waals surface area contributed by atoms with Gasteiger partial charge in [-0.15, -0.1) is 0 Å². The summed E-state index contributed by atoms with van der Waals surface area (Å²) < 4.78 is 12.1. The van der Waals surface area contributed by atoms with Gasteiger partial charge in [0.05, 0.1) is 11.5 Å². The van der Waals surface area contributed by atoms with E-state index in [0.717, 1.165) is 65.6 Å². The first kappa shape index (κ1) is 17.5. The smallest absolute Gasteiger partial charge is 0.174 e. The Bertz CT molecular complexity index is 808. The van der Waals surface area contributed by atoms with E-state index in [1.54, 1.807) is 0 Å². The molecule has 0 aliphatic carbocycles. The molecule has 0 radical (unpaired) electrons. The fraction of sp³-hybridized carbons (Fsp3) is 0.409. The Balaban J connectivity index is 2.04. The Morgan fingerprint density at radius 2 is 1.80 bits per heavy atom. The number of fused-ring (bicyclic) bond motifs is 1. The molecular formula is C22H27NO2. The molecule has 25 heavy (non-hydrogen) atoms. The van der Waals surface area contributed by atoms with Crippen molar-refractivity contribution in [3.05, 3.63) is 48.0 Å². The van der Waals surface area contributed by atoms with Gasteiger partial charge in [0.2, 0.25) is 0 Å². The van der Waals surface area contributed by atoms with Gasteiger partial charge in [-0.05, 0) is 31.4 Å². The van der Waals surface area contributed by atoms with Gasteiger partial charge in [0.15, 0.2) is 5.58 Å². The van der Waals surface area contributed by atoms with Crippen LogP contribution in [0.15, 0.2) is 47.0 Å². The Morgan fingerprint density at radius 3 is 2.48 bits per heavy atom. The standard InChI is InChI=1S/C22H27NO2/c1-4-10-17(6-3)24-20-15-14-19-21(16-12-8-7-9-13-16)23-25-22(19)18(20)11-5-2/h7-9,12-15,17H,4-6,10-11H2,1-3H3. The van der Waals surface area contributed by atoms with Gasteiger partial charge in [-0.25, -0.2) is 0 Å². The van der Waals surface area contributed by atoms with Gasteiger partial charge in [-0.3, -0.25) is 0 Å². The molecule has 0 bridgehead atoms. The van der Waals surface area contributed by atoms with E-state index in [-0.39, 0.29) is 6.10 Å². The molecule has 2 aromatic carbocycles. The molecule has 0 amide bonds. The molecule has 0 saturated heterocycles. The summed E-state index contributed by atoms with van der Waals surface area (Å²) in [6.45, 7) is 6.56. The maximum atomic E-state index is 6.32. The van der Waals surface area contributed by atoms with Crippen LogP contribution in [0.5, 0.6) is 5.75 Å². The highest BCUT2D eigenvalue weighted by molar-refractivity contribution is 5.94. The van der Waals surface area contributed by atoms with Crippen molar-refractivity contribution in [3.63, 3.8) is 0 Å². The second-order valence-corrected chi connectivity index (χ2v) is 6.50. The lowest BCUT2D eigenvalue weighted by molar-refractivity contribution is 0.184. The molecule has 1 heterocycles. The van der Waals surface area contributed by atoms with E-state index in [1.807, 2.05) is 18.2 Å². The summed E-state index contributed by atoms with van der Waals surface area (Å²) in [5.74, 6) is 0.949. The summed E-state index contributed by atoms with van der Waals surface area (Å²) in [6, 6.07) is 14.4. The van der Waals surface area contributed by atoms with Crippen LogP contribution in [-0.4, -0.2) is 11.3 Å².